The summed E-state index contributed by atoms with van der Waals surface area (Å²) in [7, 11) is 0. The molecule has 0 bridgehead atoms. The first kappa shape index (κ1) is 20.0. The van der Waals surface area contributed by atoms with Crippen molar-refractivity contribution < 1.29 is 9.53 Å². The highest BCUT2D eigenvalue weighted by Crippen LogP contribution is 2.07. The quantitative estimate of drug-likeness (QED) is 0.603. The molecule has 18 heavy (non-hydrogen) atoms. The summed E-state index contributed by atoms with van der Waals surface area (Å²) in [5.41, 5.74) is 5.37. The van der Waals surface area contributed by atoms with Crippen LogP contribution in [-0.2, 0) is 9.53 Å². The van der Waals surface area contributed by atoms with E-state index < -0.39 is 0 Å². The molecule has 1 unspecified atom stereocenters. The molecule has 110 valence electrons. The molecule has 0 aliphatic rings. The fourth-order valence-electron chi connectivity index (χ4n) is 1.67. The Hall–Kier alpha value is -0.320. The van der Waals surface area contributed by atoms with Crippen molar-refractivity contribution in [1.82, 2.24) is 5.32 Å². The molecule has 1 atom stereocenters. The number of carbonyl (C=O) groups is 1. The van der Waals surface area contributed by atoms with Crippen molar-refractivity contribution in [3.8, 4) is 0 Å². The normalized spacial score (nSPS) is 12.1. The van der Waals surface area contributed by atoms with Gasteiger partial charge >= 0.3 is 0 Å². The highest BCUT2D eigenvalue weighted by atomic mass is 35.5. The second kappa shape index (κ2) is 13.1. The van der Waals surface area contributed by atoms with Crippen molar-refractivity contribution in [2.75, 3.05) is 19.7 Å². The number of carbonyl (C=O) groups excluding carboxylic acids is 1. The largest absolute Gasteiger partial charge is 0.378 e. The molecule has 0 aliphatic heterocycles. The van der Waals surface area contributed by atoms with Gasteiger partial charge in [-0.1, -0.05) is 13.8 Å². The fraction of sp³-hybridized carbons (Fsp3) is 0.923. The van der Waals surface area contributed by atoms with Crippen LogP contribution in [0.3, 0.4) is 0 Å². The third-order valence-corrected chi connectivity index (χ3v) is 2.49. The molecule has 1 amide bonds. The lowest BCUT2D eigenvalue weighted by Gasteiger charge is -2.14. The van der Waals surface area contributed by atoms with Crippen LogP contribution in [0.1, 0.15) is 46.5 Å². The van der Waals surface area contributed by atoms with Gasteiger partial charge in [0.1, 0.15) is 0 Å². The van der Waals surface area contributed by atoms with E-state index in [1.54, 1.807) is 0 Å². The minimum Gasteiger partial charge on any atom is -0.378 e. The van der Waals surface area contributed by atoms with Crippen LogP contribution in [0.15, 0.2) is 0 Å². The van der Waals surface area contributed by atoms with E-state index in [1.807, 2.05) is 0 Å². The molecule has 4 nitrogen and oxygen atoms in total. The lowest BCUT2D eigenvalue weighted by atomic mass is 10.1. The van der Waals surface area contributed by atoms with E-state index >= 15 is 0 Å². The Morgan fingerprint density at radius 2 is 1.94 bits per heavy atom. The highest BCUT2D eigenvalue weighted by molar-refractivity contribution is 5.85. The molecular weight excluding hydrogens is 252 g/mol. The summed E-state index contributed by atoms with van der Waals surface area (Å²) in [6.45, 7) is 8.31. The lowest BCUT2D eigenvalue weighted by Crippen LogP contribution is -2.26. The van der Waals surface area contributed by atoms with E-state index in [0.717, 1.165) is 25.8 Å². The Morgan fingerprint density at radius 1 is 1.28 bits per heavy atom. The van der Waals surface area contributed by atoms with Crippen molar-refractivity contribution in [2.24, 2.45) is 11.7 Å². The molecule has 0 spiro atoms. The maximum Gasteiger partial charge on any atom is 0.222 e. The molecule has 0 radical (unpaired) electrons. The standard InChI is InChI=1S/C13H28N2O2.ClH/c1-11(2)10-12(3)17-9-6-13(16)15-8-5-4-7-14;/h11-12H,4-10,14H2,1-3H3,(H,15,16);1H. The number of nitrogens with two attached hydrogens (primary N) is 1. The van der Waals surface area contributed by atoms with Gasteiger partial charge in [-0.25, -0.2) is 0 Å². The van der Waals surface area contributed by atoms with E-state index in [1.165, 1.54) is 0 Å². The molecule has 0 saturated carbocycles. The van der Waals surface area contributed by atoms with Gasteiger partial charge in [0.2, 0.25) is 5.91 Å². The fourth-order valence-corrected chi connectivity index (χ4v) is 1.67. The summed E-state index contributed by atoms with van der Waals surface area (Å²) >= 11 is 0. The summed E-state index contributed by atoms with van der Waals surface area (Å²) < 4.78 is 5.57. The molecule has 5 heteroatoms. The Labute approximate surface area is 117 Å². The van der Waals surface area contributed by atoms with Gasteiger partial charge in [0, 0.05) is 13.0 Å². The van der Waals surface area contributed by atoms with Gasteiger partial charge in [-0.3, -0.25) is 4.79 Å². The van der Waals surface area contributed by atoms with Crippen LogP contribution < -0.4 is 11.1 Å². The number of rotatable bonds is 10. The van der Waals surface area contributed by atoms with Crippen LogP contribution in [0, 0.1) is 5.92 Å². The van der Waals surface area contributed by atoms with Gasteiger partial charge in [0.05, 0.1) is 12.7 Å². The van der Waals surface area contributed by atoms with Crippen LogP contribution in [0.2, 0.25) is 0 Å². The van der Waals surface area contributed by atoms with E-state index in [9.17, 15) is 4.79 Å². The third-order valence-electron chi connectivity index (χ3n) is 2.49. The van der Waals surface area contributed by atoms with Crippen molar-refractivity contribution in [3.63, 3.8) is 0 Å². The average Bonchev–Trinajstić information content (AvgIpc) is 2.23. The maximum absolute atomic E-state index is 11.4. The predicted octanol–water partition coefficient (Wildman–Crippen LogP) is 2.10. The Morgan fingerprint density at radius 3 is 2.50 bits per heavy atom. The van der Waals surface area contributed by atoms with Crippen molar-refractivity contribution in [1.29, 1.82) is 0 Å². The van der Waals surface area contributed by atoms with Crippen LogP contribution in [0.5, 0.6) is 0 Å². The Bertz CT molecular complexity index is 201. The summed E-state index contributed by atoms with van der Waals surface area (Å²) in [6.07, 6.45) is 3.64. The van der Waals surface area contributed by atoms with Crippen molar-refractivity contribution in [2.45, 2.75) is 52.6 Å². The minimum absolute atomic E-state index is 0. The Balaban J connectivity index is 0. The first-order chi connectivity index (χ1) is 8.06. The van der Waals surface area contributed by atoms with E-state index in [4.69, 9.17) is 10.5 Å². The van der Waals surface area contributed by atoms with E-state index in [0.29, 0.717) is 25.5 Å². The zero-order valence-electron chi connectivity index (χ0n) is 11.9. The molecule has 0 aromatic rings. The minimum atomic E-state index is 0. The molecule has 0 heterocycles. The van der Waals surface area contributed by atoms with Crippen molar-refractivity contribution >= 4 is 18.3 Å². The molecule has 0 aliphatic carbocycles. The monoisotopic (exact) mass is 280 g/mol. The molecule has 0 aromatic carbocycles. The predicted molar refractivity (Wildman–Crippen MR) is 78.0 cm³/mol. The van der Waals surface area contributed by atoms with Gasteiger partial charge in [-0.2, -0.15) is 0 Å². The van der Waals surface area contributed by atoms with Gasteiger partial charge in [-0.05, 0) is 38.6 Å². The maximum atomic E-state index is 11.4. The molecule has 0 aromatic heterocycles. The molecule has 3 N–H and O–H groups in total. The van der Waals surface area contributed by atoms with Crippen LogP contribution in [-0.4, -0.2) is 31.7 Å². The second-order valence-electron chi connectivity index (χ2n) is 4.91. The molecular formula is C13H29ClN2O2. The third kappa shape index (κ3) is 13.7. The number of halogens is 1. The van der Waals surface area contributed by atoms with Gasteiger partial charge in [-0.15, -0.1) is 12.4 Å². The number of nitrogens with one attached hydrogen (secondary N) is 1. The zero-order valence-corrected chi connectivity index (χ0v) is 12.7. The number of ether oxygens (including phenoxy) is 1. The van der Waals surface area contributed by atoms with Crippen LogP contribution in [0.25, 0.3) is 0 Å². The number of unbranched alkanes of at least 4 members (excludes halogenated alkanes) is 1. The van der Waals surface area contributed by atoms with Gasteiger partial charge in [0.25, 0.3) is 0 Å². The van der Waals surface area contributed by atoms with E-state index in [2.05, 4.69) is 26.1 Å². The van der Waals surface area contributed by atoms with Gasteiger partial charge in [0.15, 0.2) is 0 Å². The summed E-state index contributed by atoms with van der Waals surface area (Å²) in [4.78, 5) is 11.4. The zero-order chi connectivity index (χ0) is 13.1. The number of amides is 1. The summed E-state index contributed by atoms with van der Waals surface area (Å²) in [5, 5.41) is 2.86. The number of hydrogen-bond acceptors (Lipinski definition) is 3. The first-order valence-electron chi connectivity index (χ1n) is 6.64. The average molecular weight is 281 g/mol. The molecule has 0 saturated heterocycles. The van der Waals surface area contributed by atoms with Crippen LogP contribution in [0.4, 0.5) is 0 Å². The van der Waals surface area contributed by atoms with E-state index in [-0.39, 0.29) is 24.4 Å². The van der Waals surface area contributed by atoms with Crippen molar-refractivity contribution in [3.05, 3.63) is 0 Å². The highest BCUT2D eigenvalue weighted by Gasteiger charge is 2.06. The van der Waals surface area contributed by atoms with Gasteiger partial charge < -0.3 is 15.8 Å². The first-order valence-corrected chi connectivity index (χ1v) is 6.64. The molecule has 0 rings (SSSR count). The van der Waals surface area contributed by atoms with Crippen LogP contribution >= 0.6 is 12.4 Å². The summed E-state index contributed by atoms with van der Waals surface area (Å²) in [5.74, 6) is 0.703. The molecule has 0 fully saturated rings. The SMILES string of the molecule is CC(C)CC(C)OCCC(=O)NCCCCN.Cl. The lowest BCUT2D eigenvalue weighted by molar-refractivity contribution is -0.122. The number of hydrogen-bond donors (Lipinski definition) is 2. The Kier molecular flexibility index (Phi) is 14.6. The summed E-state index contributed by atoms with van der Waals surface area (Å²) in [6, 6.07) is 0. The smallest absolute Gasteiger partial charge is 0.222 e. The second-order valence-corrected chi connectivity index (χ2v) is 4.91. The topological polar surface area (TPSA) is 64.3 Å².